The van der Waals surface area contributed by atoms with E-state index >= 15 is 0 Å². The summed E-state index contributed by atoms with van der Waals surface area (Å²) >= 11 is 5.32. The number of benzene rings is 1. The van der Waals surface area contributed by atoms with Crippen molar-refractivity contribution < 1.29 is 4.74 Å². The standard InChI is InChI=1S/C12H18BrNOS/c1-3-16-7-6-15-12-8-10(13)4-5-11(12)9(2)14/h4-5,8-9H,3,6-7,14H2,1-2H3/t9-/m1/s1. The monoisotopic (exact) mass is 303 g/mol. The molecule has 1 aromatic carbocycles. The Labute approximate surface area is 110 Å². The summed E-state index contributed by atoms with van der Waals surface area (Å²) in [7, 11) is 0. The Hall–Kier alpha value is -0.190. The summed E-state index contributed by atoms with van der Waals surface area (Å²) in [5, 5.41) is 0. The van der Waals surface area contributed by atoms with Gasteiger partial charge in [-0.3, -0.25) is 0 Å². The fraction of sp³-hybridized carbons (Fsp3) is 0.500. The molecule has 0 fully saturated rings. The molecule has 0 aliphatic heterocycles. The molecule has 0 spiro atoms. The van der Waals surface area contributed by atoms with E-state index in [-0.39, 0.29) is 6.04 Å². The van der Waals surface area contributed by atoms with Crippen molar-refractivity contribution in [3.63, 3.8) is 0 Å². The van der Waals surface area contributed by atoms with Gasteiger partial charge in [0.25, 0.3) is 0 Å². The van der Waals surface area contributed by atoms with Crippen molar-refractivity contribution in [1.29, 1.82) is 0 Å². The van der Waals surface area contributed by atoms with Gasteiger partial charge in [0.05, 0.1) is 6.61 Å². The summed E-state index contributed by atoms with van der Waals surface area (Å²) in [6.07, 6.45) is 0. The third-order valence-electron chi connectivity index (χ3n) is 2.16. The lowest BCUT2D eigenvalue weighted by Crippen LogP contribution is -2.09. The summed E-state index contributed by atoms with van der Waals surface area (Å²) in [5.41, 5.74) is 6.95. The molecule has 0 bridgehead atoms. The molecule has 0 aliphatic carbocycles. The van der Waals surface area contributed by atoms with E-state index < -0.39 is 0 Å². The van der Waals surface area contributed by atoms with E-state index in [1.165, 1.54) is 0 Å². The molecule has 2 nitrogen and oxygen atoms in total. The maximum Gasteiger partial charge on any atom is 0.125 e. The van der Waals surface area contributed by atoms with Gasteiger partial charge in [-0.15, -0.1) is 0 Å². The molecule has 90 valence electrons. The minimum Gasteiger partial charge on any atom is -0.492 e. The summed E-state index contributed by atoms with van der Waals surface area (Å²) < 4.78 is 6.77. The van der Waals surface area contributed by atoms with Crippen LogP contribution in [0, 0.1) is 0 Å². The minimum atomic E-state index is 0.00179. The highest BCUT2D eigenvalue weighted by molar-refractivity contribution is 9.10. The van der Waals surface area contributed by atoms with Crippen LogP contribution in [0.5, 0.6) is 5.75 Å². The molecule has 4 heteroatoms. The van der Waals surface area contributed by atoms with Crippen LogP contribution in [0.1, 0.15) is 25.5 Å². The van der Waals surface area contributed by atoms with Crippen molar-refractivity contribution >= 4 is 27.7 Å². The summed E-state index contributed by atoms with van der Waals surface area (Å²) in [5.74, 6) is 3.03. The quantitative estimate of drug-likeness (QED) is 0.816. The number of nitrogens with two attached hydrogens (primary N) is 1. The summed E-state index contributed by atoms with van der Waals surface area (Å²) in [6, 6.07) is 5.99. The summed E-state index contributed by atoms with van der Waals surface area (Å²) in [6.45, 7) is 4.85. The van der Waals surface area contributed by atoms with Gasteiger partial charge in [0, 0.05) is 21.8 Å². The lowest BCUT2D eigenvalue weighted by atomic mass is 10.1. The molecular formula is C12H18BrNOS. The number of halogens is 1. The SMILES string of the molecule is CCSCCOc1cc(Br)ccc1[C@@H](C)N. The van der Waals surface area contributed by atoms with Crippen molar-refractivity contribution in [1.82, 2.24) is 0 Å². The van der Waals surface area contributed by atoms with Crippen molar-refractivity contribution in [2.24, 2.45) is 5.73 Å². The first-order valence-corrected chi connectivity index (χ1v) is 7.35. The molecule has 0 saturated heterocycles. The topological polar surface area (TPSA) is 35.2 Å². The van der Waals surface area contributed by atoms with Gasteiger partial charge in [0.2, 0.25) is 0 Å². The molecule has 0 saturated carbocycles. The van der Waals surface area contributed by atoms with E-state index in [1.807, 2.05) is 36.9 Å². The van der Waals surface area contributed by atoms with E-state index in [1.54, 1.807) is 0 Å². The Balaban J connectivity index is 2.65. The van der Waals surface area contributed by atoms with Crippen LogP contribution in [0.15, 0.2) is 22.7 Å². The van der Waals surface area contributed by atoms with Crippen LogP contribution in [-0.2, 0) is 0 Å². The van der Waals surface area contributed by atoms with Gasteiger partial charge < -0.3 is 10.5 Å². The van der Waals surface area contributed by atoms with Crippen LogP contribution in [0.3, 0.4) is 0 Å². The van der Waals surface area contributed by atoms with Crippen molar-refractivity contribution in [3.8, 4) is 5.75 Å². The smallest absolute Gasteiger partial charge is 0.125 e. The van der Waals surface area contributed by atoms with Gasteiger partial charge in [-0.05, 0) is 24.8 Å². The fourth-order valence-corrected chi connectivity index (χ4v) is 2.19. The Morgan fingerprint density at radius 1 is 1.50 bits per heavy atom. The van der Waals surface area contributed by atoms with Gasteiger partial charge in [-0.1, -0.05) is 28.9 Å². The van der Waals surface area contributed by atoms with Crippen LogP contribution in [-0.4, -0.2) is 18.1 Å². The third kappa shape index (κ3) is 4.36. The fourth-order valence-electron chi connectivity index (χ4n) is 1.36. The predicted octanol–water partition coefficient (Wildman–Crippen LogP) is 3.60. The molecule has 1 atom stereocenters. The molecule has 1 rings (SSSR count). The highest BCUT2D eigenvalue weighted by Crippen LogP contribution is 2.27. The Bertz CT molecular complexity index is 331. The first-order chi connectivity index (χ1) is 7.65. The maximum atomic E-state index is 5.89. The average Bonchev–Trinajstić information content (AvgIpc) is 2.24. The highest BCUT2D eigenvalue weighted by atomic mass is 79.9. The molecule has 2 N–H and O–H groups in total. The lowest BCUT2D eigenvalue weighted by molar-refractivity contribution is 0.338. The van der Waals surface area contributed by atoms with Crippen LogP contribution in [0.2, 0.25) is 0 Å². The second kappa shape index (κ2) is 7.20. The maximum absolute atomic E-state index is 5.89. The van der Waals surface area contributed by atoms with Crippen molar-refractivity contribution in [2.75, 3.05) is 18.1 Å². The molecule has 0 radical (unpaired) electrons. The summed E-state index contributed by atoms with van der Waals surface area (Å²) in [4.78, 5) is 0. The molecular weight excluding hydrogens is 286 g/mol. The second-order valence-corrected chi connectivity index (χ2v) is 5.83. The normalized spacial score (nSPS) is 12.5. The zero-order valence-electron chi connectivity index (χ0n) is 9.70. The lowest BCUT2D eigenvalue weighted by Gasteiger charge is -2.14. The molecule has 1 aromatic rings. The van der Waals surface area contributed by atoms with E-state index in [0.717, 1.165) is 33.9 Å². The largest absolute Gasteiger partial charge is 0.492 e. The number of ether oxygens (including phenoxy) is 1. The molecule has 0 heterocycles. The van der Waals surface area contributed by atoms with Gasteiger partial charge in [-0.2, -0.15) is 11.8 Å². The first-order valence-electron chi connectivity index (χ1n) is 5.40. The van der Waals surface area contributed by atoms with Crippen LogP contribution in [0.4, 0.5) is 0 Å². The molecule has 0 aromatic heterocycles. The van der Waals surface area contributed by atoms with E-state index in [9.17, 15) is 0 Å². The Kier molecular flexibility index (Phi) is 6.24. The number of thioether (sulfide) groups is 1. The molecule has 0 amide bonds. The van der Waals surface area contributed by atoms with Crippen LogP contribution < -0.4 is 10.5 Å². The zero-order valence-corrected chi connectivity index (χ0v) is 12.1. The second-order valence-electron chi connectivity index (χ2n) is 3.52. The van der Waals surface area contributed by atoms with Gasteiger partial charge in [0.1, 0.15) is 5.75 Å². The van der Waals surface area contributed by atoms with E-state index in [2.05, 4.69) is 22.9 Å². The van der Waals surface area contributed by atoms with Gasteiger partial charge in [0.15, 0.2) is 0 Å². The van der Waals surface area contributed by atoms with E-state index in [4.69, 9.17) is 10.5 Å². The number of hydrogen-bond donors (Lipinski definition) is 1. The van der Waals surface area contributed by atoms with Gasteiger partial charge in [-0.25, -0.2) is 0 Å². The Morgan fingerprint density at radius 2 is 2.25 bits per heavy atom. The zero-order chi connectivity index (χ0) is 12.0. The first kappa shape index (κ1) is 13.9. The molecule has 0 unspecified atom stereocenters. The minimum absolute atomic E-state index is 0.00179. The average molecular weight is 304 g/mol. The third-order valence-corrected chi connectivity index (χ3v) is 3.51. The van der Waals surface area contributed by atoms with Crippen molar-refractivity contribution in [2.45, 2.75) is 19.9 Å². The predicted molar refractivity (Wildman–Crippen MR) is 75.2 cm³/mol. The Morgan fingerprint density at radius 3 is 2.88 bits per heavy atom. The molecule has 16 heavy (non-hydrogen) atoms. The van der Waals surface area contributed by atoms with Crippen LogP contribution in [0.25, 0.3) is 0 Å². The molecule has 0 aliphatic rings. The van der Waals surface area contributed by atoms with E-state index in [0.29, 0.717) is 0 Å². The number of hydrogen-bond acceptors (Lipinski definition) is 3. The highest BCUT2D eigenvalue weighted by Gasteiger charge is 2.08. The van der Waals surface area contributed by atoms with Crippen molar-refractivity contribution in [3.05, 3.63) is 28.2 Å². The van der Waals surface area contributed by atoms with Crippen LogP contribution >= 0.6 is 27.7 Å². The van der Waals surface area contributed by atoms with Gasteiger partial charge >= 0.3 is 0 Å². The number of rotatable bonds is 6.